The van der Waals surface area contributed by atoms with Crippen LogP contribution < -0.4 is 5.32 Å². The van der Waals surface area contributed by atoms with Crippen LogP contribution in [0.15, 0.2) is 22.8 Å². The van der Waals surface area contributed by atoms with Crippen LogP contribution in [-0.4, -0.2) is 40.7 Å². The van der Waals surface area contributed by atoms with Gasteiger partial charge in [-0.3, -0.25) is 4.79 Å². The van der Waals surface area contributed by atoms with E-state index in [9.17, 15) is 14.7 Å². The van der Waals surface area contributed by atoms with Crippen LogP contribution in [0.5, 0.6) is 0 Å². The molecule has 0 radical (unpaired) electrons. The molecule has 1 aromatic heterocycles. The summed E-state index contributed by atoms with van der Waals surface area (Å²) < 4.78 is 5.58. The summed E-state index contributed by atoms with van der Waals surface area (Å²) in [6.45, 7) is 0.286. The second-order valence-electron chi connectivity index (χ2n) is 3.98. The lowest BCUT2D eigenvalue weighted by atomic mass is 9.99. The van der Waals surface area contributed by atoms with Crippen molar-refractivity contribution in [2.45, 2.75) is 12.0 Å². The highest BCUT2D eigenvalue weighted by Gasteiger charge is 2.44. The number of carboxylic acid groups (broad SMARTS) is 1. The highest BCUT2D eigenvalue weighted by atomic mass is 79.9. The normalized spacial score (nSPS) is 22.7. The van der Waals surface area contributed by atoms with E-state index in [1.165, 1.54) is 6.20 Å². The Kier molecular flexibility index (Phi) is 3.63. The number of aliphatic carboxylic acids is 1. The second-order valence-corrected chi connectivity index (χ2v) is 4.83. The molecule has 6 nitrogen and oxygen atoms in total. The fourth-order valence-electron chi connectivity index (χ4n) is 1.71. The first-order chi connectivity index (χ1) is 8.55. The van der Waals surface area contributed by atoms with Crippen molar-refractivity contribution in [1.29, 1.82) is 0 Å². The molecule has 2 heterocycles. The zero-order valence-electron chi connectivity index (χ0n) is 9.35. The lowest BCUT2D eigenvalue weighted by Gasteiger charge is -2.23. The number of carbonyl (C=O) groups is 2. The summed E-state index contributed by atoms with van der Waals surface area (Å²) >= 11 is 3.20. The van der Waals surface area contributed by atoms with E-state index < -0.39 is 17.4 Å². The van der Waals surface area contributed by atoms with E-state index in [1.54, 1.807) is 12.1 Å². The average Bonchev–Trinajstić information content (AvgIpc) is 2.79. The Bertz CT molecular complexity index is 486. The Morgan fingerprint density at radius 1 is 1.56 bits per heavy atom. The maximum Gasteiger partial charge on any atom is 0.331 e. The third-order valence-electron chi connectivity index (χ3n) is 2.76. The molecule has 0 aromatic carbocycles. The molecular weight excluding hydrogens is 304 g/mol. The van der Waals surface area contributed by atoms with Crippen LogP contribution in [0.1, 0.15) is 16.9 Å². The van der Waals surface area contributed by atoms with Gasteiger partial charge in [-0.1, -0.05) is 0 Å². The van der Waals surface area contributed by atoms with Gasteiger partial charge in [0.15, 0.2) is 5.54 Å². The van der Waals surface area contributed by atoms with E-state index in [0.717, 1.165) is 0 Å². The molecule has 18 heavy (non-hydrogen) atoms. The van der Waals surface area contributed by atoms with Gasteiger partial charge in [0.25, 0.3) is 5.91 Å². The standard InChI is InChI=1S/C11H11BrN2O4/c12-7-2-1-4-13-8(7)9(15)14-11(10(16)17)3-5-18-6-11/h1-2,4H,3,5-6H2,(H,14,15)(H,16,17). The molecular formula is C11H11BrN2O4. The Labute approximate surface area is 111 Å². The number of pyridine rings is 1. The van der Waals surface area contributed by atoms with Crippen molar-refractivity contribution < 1.29 is 19.4 Å². The first-order valence-electron chi connectivity index (χ1n) is 5.29. The van der Waals surface area contributed by atoms with Crippen molar-refractivity contribution in [2.75, 3.05) is 13.2 Å². The Hall–Kier alpha value is -1.47. The molecule has 1 aliphatic rings. The largest absolute Gasteiger partial charge is 0.479 e. The number of rotatable bonds is 3. The summed E-state index contributed by atoms with van der Waals surface area (Å²) in [4.78, 5) is 27.2. The van der Waals surface area contributed by atoms with Gasteiger partial charge in [-0.2, -0.15) is 0 Å². The van der Waals surface area contributed by atoms with Crippen molar-refractivity contribution in [3.8, 4) is 0 Å². The van der Waals surface area contributed by atoms with E-state index >= 15 is 0 Å². The van der Waals surface area contributed by atoms with E-state index in [2.05, 4.69) is 26.2 Å². The third kappa shape index (κ3) is 2.37. The molecule has 1 atom stereocenters. The van der Waals surface area contributed by atoms with E-state index in [4.69, 9.17) is 4.74 Å². The van der Waals surface area contributed by atoms with Crippen LogP contribution in [0.3, 0.4) is 0 Å². The smallest absolute Gasteiger partial charge is 0.331 e. The van der Waals surface area contributed by atoms with Crippen LogP contribution >= 0.6 is 15.9 Å². The van der Waals surface area contributed by atoms with Crippen LogP contribution in [0.4, 0.5) is 0 Å². The molecule has 2 rings (SSSR count). The first-order valence-corrected chi connectivity index (χ1v) is 6.09. The zero-order valence-corrected chi connectivity index (χ0v) is 10.9. The van der Waals surface area contributed by atoms with Crippen LogP contribution in [0.2, 0.25) is 0 Å². The number of ether oxygens (including phenoxy) is 1. The molecule has 1 fully saturated rings. The van der Waals surface area contributed by atoms with Gasteiger partial charge in [-0.25, -0.2) is 9.78 Å². The van der Waals surface area contributed by atoms with E-state index in [1.807, 2.05) is 0 Å². The molecule has 0 saturated carbocycles. The fourth-order valence-corrected chi connectivity index (χ4v) is 2.15. The molecule has 0 spiro atoms. The van der Waals surface area contributed by atoms with Gasteiger partial charge < -0.3 is 15.2 Å². The summed E-state index contributed by atoms with van der Waals surface area (Å²) in [5, 5.41) is 11.7. The number of halogens is 1. The summed E-state index contributed by atoms with van der Waals surface area (Å²) in [7, 11) is 0. The van der Waals surface area contributed by atoms with Crippen LogP contribution in [0, 0.1) is 0 Å². The molecule has 1 saturated heterocycles. The number of amides is 1. The minimum atomic E-state index is -1.35. The molecule has 7 heteroatoms. The summed E-state index contributed by atoms with van der Waals surface area (Å²) in [5.74, 6) is -1.63. The number of carbonyl (C=O) groups excluding carboxylic acids is 1. The SMILES string of the molecule is O=C(NC1(C(=O)O)CCOC1)c1ncccc1Br. The molecule has 1 aliphatic heterocycles. The Morgan fingerprint density at radius 3 is 2.89 bits per heavy atom. The molecule has 96 valence electrons. The number of hydrogen-bond donors (Lipinski definition) is 2. The third-order valence-corrected chi connectivity index (χ3v) is 3.40. The quantitative estimate of drug-likeness (QED) is 0.862. The lowest BCUT2D eigenvalue weighted by molar-refractivity contribution is -0.144. The van der Waals surface area contributed by atoms with Crippen LogP contribution in [0.25, 0.3) is 0 Å². The molecule has 2 N–H and O–H groups in total. The maximum absolute atomic E-state index is 12.0. The maximum atomic E-state index is 12.0. The van der Waals surface area contributed by atoms with Crippen molar-refractivity contribution in [2.24, 2.45) is 0 Å². The number of hydrogen-bond acceptors (Lipinski definition) is 4. The van der Waals surface area contributed by atoms with E-state index in [-0.39, 0.29) is 18.7 Å². The highest BCUT2D eigenvalue weighted by Crippen LogP contribution is 2.21. The Morgan fingerprint density at radius 2 is 2.33 bits per heavy atom. The van der Waals surface area contributed by atoms with Gasteiger partial charge in [-0.05, 0) is 28.1 Å². The van der Waals surface area contributed by atoms with Gasteiger partial charge in [-0.15, -0.1) is 0 Å². The Balaban J connectivity index is 2.21. The van der Waals surface area contributed by atoms with Crippen molar-refractivity contribution in [3.63, 3.8) is 0 Å². The van der Waals surface area contributed by atoms with Gasteiger partial charge in [0, 0.05) is 23.7 Å². The minimum Gasteiger partial charge on any atom is -0.479 e. The number of nitrogens with zero attached hydrogens (tertiary/aromatic N) is 1. The topological polar surface area (TPSA) is 88.5 Å². The number of aromatic nitrogens is 1. The zero-order chi connectivity index (χ0) is 13.2. The first kappa shape index (κ1) is 13.0. The summed E-state index contributed by atoms with van der Waals surface area (Å²) in [6, 6.07) is 3.34. The lowest BCUT2D eigenvalue weighted by Crippen LogP contribution is -2.55. The molecule has 0 aliphatic carbocycles. The van der Waals surface area contributed by atoms with Crippen LogP contribution in [-0.2, 0) is 9.53 Å². The second kappa shape index (κ2) is 5.03. The minimum absolute atomic E-state index is 0.0292. The molecule has 1 amide bonds. The number of nitrogens with one attached hydrogen (secondary N) is 1. The number of carboxylic acids is 1. The van der Waals surface area contributed by atoms with Gasteiger partial charge in [0.2, 0.25) is 0 Å². The monoisotopic (exact) mass is 314 g/mol. The van der Waals surface area contributed by atoms with Gasteiger partial charge in [0.05, 0.1) is 6.61 Å². The van der Waals surface area contributed by atoms with Crippen molar-refractivity contribution >= 4 is 27.8 Å². The molecule has 1 aromatic rings. The predicted octanol–water partition coefficient (Wildman–Crippen LogP) is 0.818. The van der Waals surface area contributed by atoms with E-state index in [0.29, 0.717) is 11.1 Å². The predicted molar refractivity (Wildman–Crippen MR) is 65.2 cm³/mol. The molecule has 0 bridgehead atoms. The fraction of sp³-hybridized carbons (Fsp3) is 0.364. The van der Waals surface area contributed by atoms with Gasteiger partial charge in [0.1, 0.15) is 5.69 Å². The van der Waals surface area contributed by atoms with Crippen molar-refractivity contribution in [3.05, 3.63) is 28.5 Å². The summed E-state index contributed by atoms with van der Waals surface area (Å²) in [5.41, 5.74) is -1.20. The summed E-state index contributed by atoms with van der Waals surface area (Å²) in [6.07, 6.45) is 1.72. The molecule has 1 unspecified atom stereocenters. The highest BCUT2D eigenvalue weighted by molar-refractivity contribution is 9.10. The van der Waals surface area contributed by atoms with Gasteiger partial charge >= 0.3 is 5.97 Å². The average molecular weight is 315 g/mol. The van der Waals surface area contributed by atoms with Crippen molar-refractivity contribution in [1.82, 2.24) is 10.3 Å².